The Morgan fingerprint density at radius 2 is 1.83 bits per heavy atom. The molecule has 0 saturated carbocycles. The van der Waals surface area contributed by atoms with Crippen molar-refractivity contribution in [3.05, 3.63) is 35.9 Å². The summed E-state index contributed by atoms with van der Waals surface area (Å²) in [7, 11) is -3.46. The van der Waals surface area contributed by atoms with Crippen LogP contribution >= 0.6 is 0 Å². The number of carbonyl (C=O) groups is 2. The van der Waals surface area contributed by atoms with Gasteiger partial charge in [-0.05, 0) is 19.1 Å². The second-order valence-corrected chi connectivity index (χ2v) is 7.58. The Bertz CT molecular complexity index is 689. The lowest BCUT2D eigenvalue weighted by molar-refractivity contribution is -0.139. The van der Waals surface area contributed by atoms with Crippen molar-refractivity contribution in [2.24, 2.45) is 0 Å². The molecule has 0 unspecified atom stereocenters. The minimum absolute atomic E-state index is 0.161. The van der Waals surface area contributed by atoms with Crippen molar-refractivity contribution in [1.82, 2.24) is 9.21 Å². The van der Waals surface area contributed by atoms with Crippen molar-refractivity contribution >= 4 is 21.9 Å². The molecular formula is C15H20N2O5S. The van der Waals surface area contributed by atoms with Crippen molar-refractivity contribution in [2.45, 2.75) is 25.4 Å². The number of carboxylic acid groups (broad SMARTS) is 1. The topological polar surface area (TPSA) is 95.0 Å². The number of sulfonamides is 1. The van der Waals surface area contributed by atoms with E-state index in [4.69, 9.17) is 5.11 Å². The van der Waals surface area contributed by atoms with Gasteiger partial charge in [-0.2, -0.15) is 4.31 Å². The fourth-order valence-corrected chi connectivity index (χ4v) is 4.11. The molecule has 0 radical (unpaired) electrons. The average molecular weight is 340 g/mol. The van der Waals surface area contributed by atoms with E-state index < -0.39 is 28.1 Å². The molecule has 8 heteroatoms. The summed E-state index contributed by atoms with van der Waals surface area (Å²) in [5, 5.41) is 9.14. The number of benzene rings is 1. The summed E-state index contributed by atoms with van der Waals surface area (Å²) >= 11 is 0. The van der Waals surface area contributed by atoms with Crippen molar-refractivity contribution in [3.8, 4) is 0 Å². The first-order valence-electron chi connectivity index (χ1n) is 7.26. The summed E-state index contributed by atoms with van der Waals surface area (Å²) in [4.78, 5) is 25.3. The van der Waals surface area contributed by atoms with Gasteiger partial charge in [0.25, 0.3) is 5.91 Å². The molecule has 126 valence electrons. The van der Waals surface area contributed by atoms with Crippen LogP contribution in [0.5, 0.6) is 0 Å². The third-order valence-corrected chi connectivity index (χ3v) is 5.43. The maximum Gasteiger partial charge on any atom is 0.305 e. The summed E-state index contributed by atoms with van der Waals surface area (Å²) in [6.07, 6.45) is 0.793. The van der Waals surface area contributed by atoms with Crippen molar-refractivity contribution in [3.63, 3.8) is 0 Å². The number of rotatable bonds is 4. The van der Waals surface area contributed by atoms with E-state index in [1.54, 1.807) is 37.3 Å². The van der Waals surface area contributed by atoms with Crippen LogP contribution in [0.4, 0.5) is 0 Å². The molecule has 2 rings (SSSR count). The fraction of sp³-hybridized carbons (Fsp3) is 0.467. The smallest absolute Gasteiger partial charge is 0.305 e. The second kappa shape index (κ2) is 6.67. The van der Waals surface area contributed by atoms with Crippen LogP contribution in [0.1, 0.15) is 23.7 Å². The standard InChI is InChI=1S/C15H20N2O5S/c1-11-13(10-14(18)19)16(8-9-17(11)23(2,21)22)15(20)12-6-4-3-5-7-12/h3-7,11,13H,8-10H2,1-2H3,(H,18,19)/t11-,13-/m0/s1. The summed E-state index contributed by atoms with van der Waals surface area (Å²) in [6.45, 7) is 1.97. The molecule has 2 atom stereocenters. The average Bonchev–Trinajstić information content (AvgIpc) is 2.47. The molecule has 1 amide bonds. The van der Waals surface area contributed by atoms with E-state index in [-0.39, 0.29) is 25.4 Å². The molecule has 7 nitrogen and oxygen atoms in total. The highest BCUT2D eigenvalue weighted by Crippen LogP contribution is 2.24. The molecule has 1 aromatic carbocycles. The molecule has 1 aliphatic heterocycles. The van der Waals surface area contributed by atoms with Crippen LogP contribution in [-0.4, -0.2) is 66.0 Å². The van der Waals surface area contributed by atoms with E-state index in [9.17, 15) is 18.0 Å². The lowest BCUT2D eigenvalue weighted by atomic mass is 10.00. The Hall–Kier alpha value is -1.93. The highest BCUT2D eigenvalue weighted by Gasteiger charge is 2.41. The third kappa shape index (κ3) is 3.89. The van der Waals surface area contributed by atoms with Gasteiger partial charge in [-0.25, -0.2) is 8.42 Å². The second-order valence-electron chi connectivity index (χ2n) is 5.64. The molecular weight excluding hydrogens is 320 g/mol. The van der Waals surface area contributed by atoms with E-state index in [2.05, 4.69) is 0 Å². The molecule has 0 bridgehead atoms. The number of nitrogens with zero attached hydrogens (tertiary/aromatic N) is 2. The van der Waals surface area contributed by atoms with Gasteiger partial charge < -0.3 is 10.0 Å². The third-order valence-electron chi connectivity index (χ3n) is 4.06. The quantitative estimate of drug-likeness (QED) is 0.868. The van der Waals surface area contributed by atoms with E-state index >= 15 is 0 Å². The van der Waals surface area contributed by atoms with Gasteiger partial charge in [0.1, 0.15) is 0 Å². The van der Waals surface area contributed by atoms with Gasteiger partial charge in [-0.3, -0.25) is 9.59 Å². The van der Waals surface area contributed by atoms with E-state index in [0.29, 0.717) is 5.56 Å². The van der Waals surface area contributed by atoms with Crippen molar-refractivity contribution < 1.29 is 23.1 Å². The van der Waals surface area contributed by atoms with Crippen molar-refractivity contribution in [1.29, 1.82) is 0 Å². The maximum atomic E-state index is 12.7. The highest BCUT2D eigenvalue weighted by atomic mass is 32.2. The Kier molecular flexibility index (Phi) is 5.06. The fourth-order valence-electron chi connectivity index (χ4n) is 2.95. The van der Waals surface area contributed by atoms with Gasteiger partial charge in [0, 0.05) is 24.7 Å². The number of hydrogen-bond acceptors (Lipinski definition) is 4. The van der Waals surface area contributed by atoms with Crippen molar-refractivity contribution in [2.75, 3.05) is 19.3 Å². The van der Waals surface area contributed by atoms with E-state index in [1.165, 1.54) is 9.21 Å². The van der Waals surface area contributed by atoms with E-state index in [1.807, 2.05) is 0 Å². The molecule has 1 aromatic rings. The van der Waals surface area contributed by atoms with Gasteiger partial charge in [0.2, 0.25) is 10.0 Å². The molecule has 0 spiro atoms. The predicted octanol–water partition coefficient (Wildman–Crippen LogP) is 0.636. The monoisotopic (exact) mass is 340 g/mol. The van der Waals surface area contributed by atoms with Gasteiger partial charge in [0.15, 0.2) is 0 Å². The summed E-state index contributed by atoms with van der Waals surface area (Å²) in [5.41, 5.74) is 0.461. The lowest BCUT2D eigenvalue weighted by Gasteiger charge is -2.44. The van der Waals surface area contributed by atoms with Crippen LogP contribution in [-0.2, 0) is 14.8 Å². The van der Waals surface area contributed by atoms with Crippen LogP contribution in [0.2, 0.25) is 0 Å². The molecule has 1 aliphatic rings. The highest BCUT2D eigenvalue weighted by molar-refractivity contribution is 7.88. The Labute approximate surface area is 135 Å². The zero-order valence-corrected chi connectivity index (χ0v) is 13.9. The predicted molar refractivity (Wildman–Crippen MR) is 84.5 cm³/mol. The van der Waals surface area contributed by atoms with Crippen LogP contribution < -0.4 is 0 Å². The molecule has 0 aromatic heterocycles. The lowest BCUT2D eigenvalue weighted by Crippen LogP contribution is -2.61. The van der Waals surface area contributed by atoms with Gasteiger partial charge in [0.05, 0.1) is 18.7 Å². The minimum atomic E-state index is -3.46. The zero-order chi connectivity index (χ0) is 17.2. The number of carbonyl (C=O) groups excluding carboxylic acids is 1. The number of piperazine rings is 1. The summed E-state index contributed by atoms with van der Waals surface area (Å²) < 4.78 is 25.0. The normalized spacial score (nSPS) is 22.8. The number of carboxylic acids is 1. The molecule has 1 saturated heterocycles. The molecule has 23 heavy (non-hydrogen) atoms. The number of amides is 1. The molecule has 1 fully saturated rings. The minimum Gasteiger partial charge on any atom is -0.481 e. The van der Waals surface area contributed by atoms with E-state index in [0.717, 1.165) is 6.26 Å². The first-order valence-corrected chi connectivity index (χ1v) is 9.11. The Morgan fingerprint density at radius 1 is 1.22 bits per heavy atom. The van der Waals surface area contributed by atoms with Gasteiger partial charge in [-0.15, -0.1) is 0 Å². The zero-order valence-electron chi connectivity index (χ0n) is 13.0. The largest absolute Gasteiger partial charge is 0.481 e. The van der Waals surface area contributed by atoms with Gasteiger partial charge in [-0.1, -0.05) is 18.2 Å². The number of aliphatic carboxylic acids is 1. The first-order chi connectivity index (χ1) is 10.7. The van der Waals surface area contributed by atoms with Crippen LogP contribution in [0.3, 0.4) is 0 Å². The first kappa shape index (κ1) is 17.4. The molecule has 0 aliphatic carbocycles. The van der Waals surface area contributed by atoms with Crippen LogP contribution in [0, 0.1) is 0 Å². The van der Waals surface area contributed by atoms with Crippen LogP contribution in [0.15, 0.2) is 30.3 Å². The summed E-state index contributed by atoms with van der Waals surface area (Å²) in [6, 6.07) is 7.27. The SMILES string of the molecule is C[C@H]1[C@H](CC(=O)O)N(C(=O)c2ccccc2)CCN1S(C)(=O)=O. The van der Waals surface area contributed by atoms with Gasteiger partial charge >= 0.3 is 5.97 Å². The maximum absolute atomic E-state index is 12.7. The Balaban J connectivity index is 2.32. The van der Waals surface area contributed by atoms with Crippen LogP contribution in [0.25, 0.3) is 0 Å². The number of hydrogen-bond donors (Lipinski definition) is 1. The Morgan fingerprint density at radius 3 is 2.35 bits per heavy atom. The molecule has 1 N–H and O–H groups in total. The summed E-state index contributed by atoms with van der Waals surface area (Å²) in [5.74, 6) is -1.35. The molecule has 1 heterocycles.